The fraction of sp³-hybridized carbons (Fsp3) is 0.214. The lowest BCUT2D eigenvalue weighted by molar-refractivity contribution is 0.264. The topological polar surface area (TPSA) is 33.1 Å². The smallest absolute Gasteiger partial charge is 0.0621 e. The van der Waals surface area contributed by atoms with Crippen molar-refractivity contribution < 1.29 is 5.11 Å². The van der Waals surface area contributed by atoms with E-state index in [1.165, 1.54) is 0 Å². The molecule has 0 radical (unpaired) electrons. The Hall–Kier alpha value is -0.900. The molecule has 0 fully saturated rings. The van der Waals surface area contributed by atoms with Gasteiger partial charge in [0.15, 0.2) is 0 Å². The first kappa shape index (κ1) is 13.5. The Labute approximate surface area is 120 Å². The standard InChI is InChI=1S/C14H13BrClNO/c15-13-3-1-10(2-4-13)12(9-18)7-11-5-6-17-8-14(11)16/h1-6,8,12,18H,7,9H2. The summed E-state index contributed by atoms with van der Waals surface area (Å²) >= 11 is 9.49. The number of nitrogens with zero attached hydrogens (tertiary/aromatic N) is 1. The van der Waals surface area contributed by atoms with Gasteiger partial charge in [-0.1, -0.05) is 39.7 Å². The predicted molar refractivity (Wildman–Crippen MR) is 76.9 cm³/mol. The summed E-state index contributed by atoms with van der Waals surface area (Å²) in [6.45, 7) is 0.0975. The molecule has 0 saturated carbocycles. The van der Waals surface area contributed by atoms with Gasteiger partial charge < -0.3 is 5.11 Å². The molecule has 2 rings (SSSR count). The predicted octanol–water partition coefficient (Wildman–Crippen LogP) is 3.82. The molecule has 1 atom stereocenters. The highest BCUT2D eigenvalue weighted by atomic mass is 79.9. The summed E-state index contributed by atoms with van der Waals surface area (Å²) in [4.78, 5) is 3.96. The molecule has 1 aromatic carbocycles. The molecule has 1 unspecified atom stereocenters. The zero-order chi connectivity index (χ0) is 13.0. The highest BCUT2D eigenvalue weighted by molar-refractivity contribution is 9.10. The number of hydrogen-bond acceptors (Lipinski definition) is 2. The number of aliphatic hydroxyl groups excluding tert-OH is 1. The highest BCUT2D eigenvalue weighted by Gasteiger charge is 2.13. The Kier molecular flexibility index (Phi) is 4.75. The zero-order valence-corrected chi connectivity index (χ0v) is 12.0. The number of pyridine rings is 1. The summed E-state index contributed by atoms with van der Waals surface area (Å²) in [5.74, 6) is 0.0537. The molecule has 0 spiro atoms. The molecule has 1 N–H and O–H groups in total. The maximum atomic E-state index is 9.53. The van der Waals surface area contributed by atoms with E-state index >= 15 is 0 Å². The van der Waals surface area contributed by atoms with Gasteiger partial charge in [0.2, 0.25) is 0 Å². The molecule has 2 nitrogen and oxygen atoms in total. The number of aliphatic hydroxyl groups is 1. The monoisotopic (exact) mass is 325 g/mol. The normalized spacial score (nSPS) is 12.4. The summed E-state index contributed by atoms with van der Waals surface area (Å²) in [5.41, 5.74) is 2.11. The van der Waals surface area contributed by atoms with Gasteiger partial charge in [-0.3, -0.25) is 4.98 Å². The molecule has 2 aromatic rings. The maximum Gasteiger partial charge on any atom is 0.0621 e. The Bertz CT molecular complexity index is 515. The molecule has 1 aromatic heterocycles. The van der Waals surface area contributed by atoms with Gasteiger partial charge in [-0.25, -0.2) is 0 Å². The number of rotatable bonds is 4. The maximum absolute atomic E-state index is 9.53. The van der Waals surface area contributed by atoms with Gasteiger partial charge in [-0.15, -0.1) is 0 Å². The molecule has 1 heterocycles. The summed E-state index contributed by atoms with van der Waals surface area (Å²) in [7, 11) is 0. The molecule has 0 aliphatic carbocycles. The molecule has 0 saturated heterocycles. The van der Waals surface area contributed by atoms with E-state index in [9.17, 15) is 5.11 Å². The van der Waals surface area contributed by atoms with Crippen LogP contribution in [-0.4, -0.2) is 16.7 Å². The molecular formula is C14H13BrClNO. The molecule has 0 aliphatic rings. The van der Waals surface area contributed by atoms with Gasteiger partial charge in [-0.2, -0.15) is 0 Å². The van der Waals surface area contributed by atoms with E-state index in [1.807, 2.05) is 30.3 Å². The second-order valence-corrected chi connectivity index (χ2v) is 5.43. The summed E-state index contributed by atoms with van der Waals surface area (Å²) < 4.78 is 1.03. The van der Waals surface area contributed by atoms with E-state index in [-0.39, 0.29) is 12.5 Å². The van der Waals surface area contributed by atoms with Crippen LogP contribution < -0.4 is 0 Å². The van der Waals surface area contributed by atoms with Crippen LogP contribution in [0, 0.1) is 0 Å². The van der Waals surface area contributed by atoms with Crippen molar-refractivity contribution in [1.29, 1.82) is 0 Å². The van der Waals surface area contributed by atoms with Crippen LogP contribution >= 0.6 is 27.5 Å². The van der Waals surface area contributed by atoms with Crippen molar-refractivity contribution in [3.8, 4) is 0 Å². The van der Waals surface area contributed by atoms with Gasteiger partial charge in [0.05, 0.1) is 11.6 Å². The number of aromatic nitrogens is 1. The lowest BCUT2D eigenvalue weighted by Crippen LogP contribution is -2.08. The first-order valence-corrected chi connectivity index (χ1v) is 6.82. The molecule has 94 valence electrons. The van der Waals surface area contributed by atoms with E-state index in [0.717, 1.165) is 15.6 Å². The fourth-order valence-electron chi connectivity index (χ4n) is 1.86. The zero-order valence-electron chi connectivity index (χ0n) is 9.68. The SMILES string of the molecule is OCC(Cc1ccncc1Cl)c1ccc(Br)cc1. The van der Waals surface area contributed by atoms with Crippen molar-refractivity contribution in [3.63, 3.8) is 0 Å². The third-order valence-electron chi connectivity index (χ3n) is 2.88. The van der Waals surface area contributed by atoms with Crippen molar-refractivity contribution in [1.82, 2.24) is 4.98 Å². The lowest BCUT2D eigenvalue weighted by atomic mass is 9.93. The Morgan fingerprint density at radius 3 is 2.56 bits per heavy atom. The van der Waals surface area contributed by atoms with E-state index < -0.39 is 0 Å². The van der Waals surface area contributed by atoms with Crippen LogP contribution in [-0.2, 0) is 6.42 Å². The molecule has 0 bridgehead atoms. The van der Waals surface area contributed by atoms with Crippen LogP contribution in [0.15, 0.2) is 47.2 Å². The molecular weight excluding hydrogens is 314 g/mol. The van der Waals surface area contributed by atoms with Gasteiger partial charge in [0.25, 0.3) is 0 Å². The second kappa shape index (κ2) is 6.32. The number of hydrogen-bond donors (Lipinski definition) is 1. The Morgan fingerprint density at radius 1 is 1.22 bits per heavy atom. The van der Waals surface area contributed by atoms with E-state index in [2.05, 4.69) is 20.9 Å². The quantitative estimate of drug-likeness (QED) is 0.926. The second-order valence-electron chi connectivity index (χ2n) is 4.10. The van der Waals surface area contributed by atoms with Crippen LogP contribution in [0.3, 0.4) is 0 Å². The molecule has 18 heavy (non-hydrogen) atoms. The highest BCUT2D eigenvalue weighted by Crippen LogP contribution is 2.25. The van der Waals surface area contributed by atoms with E-state index in [4.69, 9.17) is 11.6 Å². The number of benzene rings is 1. The van der Waals surface area contributed by atoms with Crippen LogP contribution in [0.4, 0.5) is 0 Å². The Morgan fingerprint density at radius 2 is 1.94 bits per heavy atom. The Balaban J connectivity index is 2.20. The minimum Gasteiger partial charge on any atom is -0.396 e. The lowest BCUT2D eigenvalue weighted by Gasteiger charge is -2.15. The third kappa shape index (κ3) is 3.31. The van der Waals surface area contributed by atoms with Crippen molar-refractivity contribution in [3.05, 3.63) is 63.3 Å². The molecule has 4 heteroatoms. The van der Waals surface area contributed by atoms with Gasteiger partial charge in [0, 0.05) is 22.8 Å². The van der Waals surface area contributed by atoms with Crippen molar-refractivity contribution in [2.75, 3.05) is 6.61 Å². The average Bonchev–Trinajstić information content (AvgIpc) is 2.39. The minimum absolute atomic E-state index is 0.0537. The molecule has 0 aliphatic heterocycles. The van der Waals surface area contributed by atoms with Gasteiger partial charge >= 0.3 is 0 Å². The van der Waals surface area contributed by atoms with Gasteiger partial charge in [0.1, 0.15) is 0 Å². The van der Waals surface area contributed by atoms with Crippen molar-refractivity contribution in [2.24, 2.45) is 0 Å². The van der Waals surface area contributed by atoms with Crippen LogP contribution in [0.25, 0.3) is 0 Å². The van der Waals surface area contributed by atoms with Crippen molar-refractivity contribution >= 4 is 27.5 Å². The fourth-order valence-corrected chi connectivity index (χ4v) is 2.32. The summed E-state index contributed by atoms with van der Waals surface area (Å²) in [6.07, 6.45) is 4.06. The van der Waals surface area contributed by atoms with Crippen LogP contribution in [0.2, 0.25) is 5.02 Å². The minimum atomic E-state index is 0.0537. The van der Waals surface area contributed by atoms with E-state index in [0.29, 0.717) is 11.4 Å². The molecule has 0 amide bonds. The summed E-state index contributed by atoms with van der Waals surface area (Å²) in [5, 5.41) is 10.2. The van der Waals surface area contributed by atoms with E-state index in [1.54, 1.807) is 12.4 Å². The van der Waals surface area contributed by atoms with Crippen LogP contribution in [0.5, 0.6) is 0 Å². The van der Waals surface area contributed by atoms with Gasteiger partial charge in [-0.05, 0) is 35.7 Å². The average molecular weight is 327 g/mol. The van der Waals surface area contributed by atoms with Crippen LogP contribution in [0.1, 0.15) is 17.0 Å². The number of halogens is 2. The summed E-state index contributed by atoms with van der Waals surface area (Å²) in [6, 6.07) is 9.88. The first-order valence-electron chi connectivity index (χ1n) is 5.65. The third-order valence-corrected chi connectivity index (χ3v) is 3.75. The first-order chi connectivity index (χ1) is 8.70. The van der Waals surface area contributed by atoms with Crippen molar-refractivity contribution in [2.45, 2.75) is 12.3 Å². The largest absolute Gasteiger partial charge is 0.396 e.